The summed E-state index contributed by atoms with van der Waals surface area (Å²) in [6.07, 6.45) is 5.52. The summed E-state index contributed by atoms with van der Waals surface area (Å²) < 4.78 is 10.9. The van der Waals surface area contributed by atoms with Gasteiger partial charge in [0.2, 0.25) is 11.8 Å². The monoisotopic (exact) mass is 349 g/mol. The number of carbonyl (C=O) groups excluding carboxylic acids is 1. The molecule has 0 aliphatic carbocycles. The third-order valence-corrected chi connectivity index (χ3v) is 4.14. The molecule has 1 aromatic heterocycles. The molecule has 0 bridgehead atoms. The van der Waals surface area contributed by atoms with E-state index in [1.807, 2.05) is 24.3 Å². The molecule has 0 spiro atoms. The van der Waals surface area contributed by atoms with Crippen LogP contribution >= 0.6 is 0 Å². The van der Waals surface area contributed by atoms with E-state index < -0.39 is 0 Å². The lowest BCUT2D eigenvalue weighted by Crippen LogP contribution is -2.29. The first kappa shape index (κ1) is 17.5. The Labute approximate surface area is 152 Å². The number of aromatic nitrogens is 1. The Hall–Kier alpha value is -3.33. The van der Waals surface area contributed by atoms with Crippen molar-refractivity contribution < 1.29 is 14.3 Å². The Morgan fingerprint density at radius 3 is 2.88 bits per heavy atom. The van der Waals surface area contributed by atoms with Crippen molar-refractivity contribution in [1.29, 1.82) is 5.26 Å². The molecule has 2 heterocycles. The molecule has 1 aromatic carbocycles. The van der Waals surface area contributed by atoms with Gasteiger partial charge in [0.15, 0.2) is 0 Å². The van der Waals surface area contributed by atoms with Crippen LogP contribution in [0.15, 0.2) is 48.7 Å². The zero-order chi connectivity index (χ0) is 18.4. The number of ether oxygens (including phenoxy) is 2. The summed E-state index contributed by atoms with van der Waals surface area (Å²) in [6, 6.07) is 12.8. The number of pyridine rings is 1. The van der Waals surface area contributed by atoms with Gasteiger partial charge in [-0.1, -0.05) is 12.1 Å². The Balaban J connectivity index is 1.54. The van der Waals surface area contributed by atoms with Gasteiger partial charge in [-0.25, -0.2) is 4.98 Å². The van der Waals surface area contributed by atoms with Crippen molar-refractivity contribution in [3.63, 3.8) is 0 Å². The second-order valence-corrected chi connectivity index (χ2v) is 5.91. The molecule has 6 nitrogen and oxygen atoms in total. The molecule has 0 radical (unpaired) electrons. The highest BCUT2D eigenvalue weighted by Gasteiger charge is 2.26. The van der Waals surface area contributed by atoms with Crippen LogP contribution in [0.1, 0.15) is 17.5 Å². The predicted octanol–water partition coefficient (Wildman–Crippen LogP) is 2.65. The van der Waals surface area contributed by atoms with E-state index in [-0.39, 0.29) is 12.0 Å². The van der Waals surface area contributed by atoms with Crippen molar-refractivity contribution >= 4 is 12.0 Å². The van der Waals surface area contributed by atoms with Gasteiger partial charge in [0.1, 0.15) is 11.9 Å². The molecular formula is C20H19N3O3. The molecule has 0 N–H and O–H groups in total. The van der Waals surface area contributed by atoms with Crippen LogP contribution in [0.5, 0.6) is 11.6 Å². The van der Waals surface area contributed by atoms with Gasteiger partial charge in [-0.2, -0.15) is 5.26 Å². The number of hydrogen-bond acceptors (Lipinski definition) is 5. The normalized spacial score (nSPS) is 16.5. The van der Waals surface area contributed by atoms with E-state index in [4.69, 9.17) is 14.7 Å². The summed E-state index contributed by atoms with van der Waals surface area (Å²) >= 11 is 0. The maximum Gasteiger partial charge on any atom is 0.246 e. The van der Waals surface area contributed by atoms with E-state index in [9.17, 15) is 4.79 Å². The molecule has 6 heteroatoms. The number of rotatable bonds is 5. The Morgan fingerprint density at radius 1 is 1.35 bits per heavy atom. The minimum absolute atomic E-state index is 0.0503. The van der Waals surface area contributed by atoms with E-state index in [0.29, 0.717) is 24.5 Å². The molecule has 3 rings (SSSR count). The Kier molecular flexibility index (Phi) is 5.49. The van der Waals surface area contributed by atoms with Crippen LogP contribution in [0.2, 0.25) is 0 Å². The van der Waals surface area contributed by atoms with Crippen molar-refractivity contribution in [2.75, 3.05) is 20.2 Å². The summed E-state index contributed by atoms with van der Waals surface area (Å²) in [4.78, 5) is 18.2. The maximum atomic E-state index is 12.3. The standard InChI is InChI=1S/C20H19N3O3/c1-25-17-5-2-15(3-6-17)4-7-20(24)23-11-9-18(14-23)26-19-12-16(13-21)8-10-22-19/h2-8,10,12,18H,9,11,14H2,1H3/b7-4+. The van der Waals surface area contributed by atoms with Crippen LogP contribution in [0.3, 0.4) is 0 Å². The van der Waals surface area contributed by atoms with Gasteiger partial charge in [0, 0.05) is 31.3 Å². The molecule has 26 heavy (non-hydrogen) atoms. The van der Waals surface area contributed by atoms with Crippen LogP contribution in [-0.2, 0) is 4.79 Å². The average molecular weight is 349 g/mol. The zero-order valence-electron chi connectivity index (χ0n) is 14.5. The summed E-state index contributed by atoms with van der Waals surface area (Å²) in [5.41, 5.74) is 1.44. The van der Waals surface area contributed by atoms with Gasteiger partial charge < -0.3 is 14.4 Å². The van der Waals surface area contributed by atoms with E-state index in [2.05, 4.69) is 11.1 Å². The molecule has 1 amide bonds. The van der Waals surface area contributed by atoms with Crippen molar-refractivity contribution in [3.05, 3.63) is 59.8 Å². The molecule has 132 valence electrons. The first-order valence-corrected chi connectivity index (χ1v) is 8.32. The number of methoxy groups -OCH3 is 1. The lowest BCUT2D eigenvalue weighted by atomic mass is 10.2. The summed E-state index contributed by atoms with van der Waals surface area (Å²) in [6.45, 7) is 1.14. The fourth-order valence-electron chi connectivity index (χ4n) is 2.73. The average Bonchev–Trinajstić information content (AvgIpc) is 3.15. The molecule has 1 atom stereocenters. The van der Waals surface area contributed by atoms with Gasteiger partial charge >= 0.3 is 0 Å². The summed E-state index contributed by atoms with van der Waals surface area (Å²) in [7, 11) is 1.62. The highest BCUT2D eigenvalue weighted by molar-refractivity contribution is 5.92. The molecule has 1 aliphatic heterocycles. The second-order valence-electron chi connectivity index (χ2n) is 5.91. The molecule has 0 saturated carbocycles. The summed E-state index contributed by atoms with van der Waals surface area (Å²) in [5, 5.41) is 8.92. The lowest BCUT2D eigenvalue weighted by molar-refractivity contribution is -0.125. The van der Waals surface area contributed by atoms with Gasteiger partial charge in [0.05, 0.1) is 25.3 Å². The molecule has 1 saturated heterocycles. The van der Waals surface area contributed by atoms with Gasteiger partial charge in [-0.05, 0) is 29.8 Å². The molecule has 2 aromatic rings. The quantitative estimate of drug-likeness (QED) is 0.776. The minimum Gasteiger partial charge on any atom is -0.497 e. The van der Waals surface area contributed by atoms with Gasteiger partial charge in [-0.15, -0.1) is 0 Å². The summed E-state index contributed by atoms with van der Waals surface area (Å²) in [5.74, 6) is 1.14. The van der Waals surface area contributed by atoms with Crippen LogP contribution in [0.25, 0.3) is 6.08 Å². The first-order valence-electron chi connectivity index (χ1n) is 8.32. The molecule has 1 fully saturated rings. The van der Waals surface area contributed by atoms with Crippen LogP contribution in [0.4, 0.5) is 0 Å². The van der Waals surface area contributed by atoms with Gasteiger partial charge in [-0.3, -0.25) is 4.79 Å². The van der Waals surface area contributed by atoms with Gasteiger partial charge in [0.25, 0.3) is 0 Å². The SMILES string of the molecule is COc1ccc(/C=C/C(=O)N2CCC(Oc3cc(C#N)ccn3)C2)cc1. The minimum atomic E-state index is -0.116. The maximum absolute atomic E-state index is 12.3. The van der Waals surface area contributed by atoms with E-state index in [1.54, 1.807) is 42.5 Å². The van der Waals surface area contributed by atoms with E-state index in [0.717, 1.165) is 17.7 Å². The number of likely N-dealkylation sites (tertiary alicyclic amines) is 1. The van der Waals surface area contributed by atoms with E-state index >= 15 is 0 Å². The largest absolute Gasteiger partial charge is 0.497 e. The smallest absolute Gasteiger partial charge is 0.246 e. The number of amides is 1. The number of carbonyl (C=O) groups is 1. The van der Waals surface area contributed by atoms with Crippen LogP contribution in [-0.4, -0.2) is 42.1 Å². The highest BCUT2D eigenvalue weighted by atomic mass is 16.5. The fraction of sp³-hybridized carbons (Fsp3) is 0.250. The number of hydrogen-bond donors (Lipinski definition) is 0. The van der Waals surface area contributed by atoms with Crippen LogP contribution in [0, 0.1) is 11.3 Å². The van der Waals surface area contributed by atoms with Crippen LogP contribution < -0.4 is 9.47 Å². The third-order valence-electron chi connectivity index (χ3n) is 4.14. The topological polar surface area (TPSA) is 75.4 Å². The second kappa shape index (κ2) is 8.17. The molecular weight excluding hydrogens is 330 g/mol. The highest BCUT2D eigenvalue weighted by Crippen LogP contribution is 2.18. The number of nitriles is 1. The third kappa shape index (κ3) is 4.39. The molecule has 1 aliphatic rings. The molecule has 1 unspecified atom stereocenters. The Bertz CT molecular complexity index is 840. The number of benzene rings is 1. The van der Waals surface area contributed by atoms with Crippen molar-refractivity contribution in [3.8, 4) is 17.7 Å². The zero-order valence-corrected chi connectivity index (χ0v) is 14.5. The first-order chi connectivity index (χ1) is 12.7. The fourth-order valence-corrected chi connectivity index (χ4v) is 2.73. The lowest BCUT2D eigenvalue weighted by Gasteiger charge is -2.15. The van der Waals surface area contributed by atoms with E-state index in [1.165, 1.54) is 0 Å². The van der Waals surface area contributed by atoms with Crippen molar-refractivity contribution in [2.45, 2.75) is 12.5 Å². The van der Waals surface area contributed by atoms with Crippen molar-refractivity contribution in [1.82, 2.24) is 9.88 Å². The Morgan fingerprint density at radius 2 is 2.15 bits per heavy atom. The van der Waals surface area contributed by atoms with Crippen molar-refractivity contribution in [2.24, 2.45) is 0 Å². The number of nitrogens with zero attached hydrogens (tertiary/aromatic N) is 3. The predicted molar refractivity (Wildman–Crippen MR) is 96.6 cm³/mol.